The number of hydrogen-bond donors (Lipinski definition) is 6. The Bertz CT molecular complexity index is 1630. The molecule has 14 nitrogen and oxygen atoms in total. The van der Waals surface area contributed by atoms with Gasteiger partial charge in [0.05, 0.1) is 29.4 Å². The molecular weight excluding hydrogens is 602 g/mol. The molecule has 9 N–H and O–H groups in total. The van der Waals surface area contributed by atoms with Crippen molar-refractivity contribution in [3.05, 3.63) is 59.9 Å². The molecule has 0 spiro atoms. The van der Waals surface area contributed by atoms with Crippen molar-refractivity contribution in [2.24, 2.45) is 23.1 Å². The van der Waals surface area contributed by atoms with Gasteiger partial charge in [-0.2, -0.15) is 0 Å². The lowest BCUT2D eigenvalue weighted by atomic mass is 9.72. The van der Waals surface area contributed by atoms with Crippen LogP contribution in [0.4, 0.5) is 0 Å². The van der Waals surface area contributed by atoms with Crippen LogP contribution in [0.2, 0.25) is 0 Å². The SMILES string of the molecule is CC(C)(O)c1cnnn1[C@H]1C[C@@H](C(=O)NC2(C(CN)C(N)=O)CCCCC2)N(C(=O)[C@@H](CN)NC(=O)c2ccc3ccccc3c2)C1. The van der Waals surface area contributed by atoms with Crippen molar-refractivity contribution in [3.63, 3.8) is 0 Å². The number of nitrogens with two attached hydrogens (primary N) is 3. The second-order valence-electron chi connectivity index (χ2n) is 13.2. The highest BCUT2D eigenvalue weighted by atomic mass is 16.3. The molecule has 2 fully saturated rings. The first kappa shape index (κ1) is 33.9. The molecule has 4 atom stereocenters. The Balaban J connectivity index is 1.44. The van der Waals surface area contributed by atoms with E-state index in [2.05, 4.69) is 20.9 Å². The van der Waals surface area contributed by atoms with Crippen LogP contribution >= 0.6 is 0 Å². The lowest BCUT2D eigenvalue weighted by Crippen LogP contribution is -2.63. The van der Waals surface area contributed by atoms with Gasteiger partial charge >= 0.3 is 0 Å². The predicted molar refractivity (Wildman–Crippen MR) is 174 cm³/mol. The molecule has 1 saturated heterocycles. The molecule has 1 unspecified atom stereocenters. The van der Waals surface area contributed by atoms with Crippen LogP contribution < -0.4 is 27.8 Å². The summed E-state index contributed by atoms with van der Waals surface area (Å²) in [6.07, 6.45) is 5.14. The molecule has 252 valence electrons. The first-order valence-corrected chi connectivity index (χ1v) is 16.1. The van der Waals surface area contributed by atoms with Gasteiger partial charge in [-0.25, -0.2) is 4.68 Å². The fraction of sp³-hybridized carbons (Fsp3) is 0.515. The monoisotopic (exact) mass is 647 g/mol. The van der Waals surface area contributed by atoms with Crippen molar-refractivity contribution < 1.29 is 24.3 Å². The van der Waals surface area contributed by atoms with Crippen molar-refractivity contribution in [3.8, 4) is 0 Å². The van der Waals surface area contributed by atoms with Crippen molar-refractivity contribution in [1.82, 2.24) is 30.5 Å². The molecule has 1 aromatic heterocycles. The summed E-state index contributed by atoms with van der Waals surface area (Å²) in [4.78, 5) is 55.7. The lowest BCUT2D eigenvalue weighted by Gasteiger charge is -2.43. The maximum Gasteiger partial charge on any atom is 0.251 e. The number of carbonyl (C=O) groups excluding carboxylic acids is 4. The molecular formula is C33H45N9O5. The highest BCUT2D eigenvalue weighted by Gasteiger charge is 2.48. The zero-order valence-electron chi connectivity index (χ0n) is 26.9. The Kier molecular flexibility index (Phi) is 9.94. The van der Waals surface area contributed by atoms with Gasteiger partial charge in [-0.05, 0) is 49.6 Å². The van der Waals surface area contributed by atoms with Crippen LogP contribution in [-0.2, 0) is 20.0 Å². The minimum atomic E-state index is -1.30. The summed E-state index contributed by atoms with van der Waals surface area (Å²) in [6.45, 7) is 2.98. The minimum absolute atomic E-state index is 0.0322. The minimum Gasteiger partial charge on any atom is -0.384 e. The zero-order chi connectivity index (χ0) is 33.9. The number of aromatic nitrogens is 3. The normalized spacial score (nSPS) is 20.8. The Morgan fingerprint density at radius 3 is 2.38 bits per heavy atom. The van der Waals surface area contributed by atoms with Crippen LogP contribution in [0.5, 0.6) is 0 Å². The zero-order valence-corrected chi connectivity index (χ0v) is 26.9. The molecule has 2 aromatic carbocycles. The molecule has 0 bridgehead atoms. The van der Waals surface area contributed by atoms with E-state index >= 15 is 0 Å². The molecule has 14 heteroatoms. The van der Waals surface area contributed by atoms with Gasteiger partial charge in [0.2, 0.25) is 17.7 Å². The quantitative estimate of drug-likeness (QED) is 0.170. The Hall–Kier alpha value is -4.40. The Morgan fingerprint density at radius 2 is 1.74 bits per heavy atom. The topological polar surface area (TPSA) is 225 Å². The molecule has 2 heterocycles. The highest BCUT2D eigenvalue weighted by molar-refractivity contribution is 6.01. The first-order chi connectivity index (χ1) is 22.4. The van der Waals surface area contributed by atoms with E-state index in [-0.39, 0.29) is 26.1 Å². The third-order valence-corrected chi connectivity index (χ3v) is 9.63. The first-order valence-electron chi connectivity index (χ1n) is 16.1. The molecule has 1 aliphatic heterocycles. The summed E-state index contributed by atoms with van der Waals surface area (Å²) in [5.74, 6) is -2.88. The Labute approximate surface area is 273 Å². The van der Waals surface area contributed by atoms with Crippen LogP contribution in [0, 0.1) is 5.92 Å². The molecule has 0 radical (unpaired) electrons. The molecule has 4 amide bonds. The number of amides is 4. The molecule has 1 saturated carbocycles. The average Bonchev–Trinajstić information content (AvgIpc) is 3.72. The van der Waals surface area contributed by atoms with E-state index in [1.165, 1.54) is 15.8 Å². The predicted octanol–water partition coefficient (Wildman–Crippen LogP) is 0.437. The number of carbonyl (C=O) groups is 4. The van der Waals surface area contributed by atoms with Gasteiger partial charge in [-0.15, -0.1) is 5.10 Å². The number of benzene rings is 2. The number of likely N-dealkylation sites (tertiary alicyclic amines) is 1. The summed E-state index contributed by atoms with van der Waals surface area (Å²) >= 11 is 0. The fourth-order valence-corrected chi connectivity index (χ4v) is 7.11. The van der Waals surface area contributed by atoms with Gasteiger partial charge < -0.3 is 37.8 Å². The van der Waals surface area contributed by atoms with Crippen LogP contribution in [0.15, 0.2) is 48.7 Å². The molecule has 5 rings (SSSR count). The van der Waals surface area contributed by atoms with E-state index in [0.717, 1.165) is 30.0 Å². The largest absolute Gasteiger partial charge is 0.384 e. The van der Waals surface area contributed by atoms with Gasteiger partial charge in [0.15, 0.2) is 0 Å². The summed E-state index contributed by atoms with van der Waals surface area (Å²) in [7, 11) is 0. The number of nitrogens with zero attached hydrogens (tertiary/aromatic N) is 4. The van der Waals surface area contributed by atoms with Crippen molar-refractivity contribution >= 4 is 34.4 Å². The molecule has 3 aromatic rings. The van der Waals surface area contributed by atoms with Gasteiger partial charge in [0.1, 0.15) is 17.7 Å². The summed E-state index contributed by atoms with van der Waals surface area (Å²) in [5.41, 5.74) is 16.4. The average molecular weight is 648 g/mol. The maximum absolute atomic E-state index is 14.2. The van der Waals surface area contributed by atoms with Crippen molar-refractivity contribution in [1.29, 1.82) is 0 Å². The van der Waals surface area contributed by atoms with E-state index in [1.54, 1.807) is 26.0 Å². The molecule has 1 aliphatic carbocycles. The standard InChI is InChI=1S/C33H45N9O5/c1-32(2,47)27-18-37-40-42(27)23-15-26(30(45)39-33(12-6-3-7-13-33)24(16-34)28(36)43)41(19-23)31(46)25(17-35)38-29(44)22-11-10-20-8-4-5-9-21(20)14-22/h4-5,8-11,14,18,23-26,47H,3,6-7,12-13,15-17,19,34-35H2,1-2H3,(H2,36,43)(H,38,44)(H,39,45)/t23-,24?,25+,26-/m0/s1. The van der Waals surface area contributed by atoms with E-state index in [9.17, 15) is 24.3 Å². The van der Waals surface area contributed by atoms with Crippen LogP contribution in [-0.4, -0.2) is 85.9 Å². The van der Waals surface area contributed by atoms with E-state index < -0.39 is 58.8 Å². The smallest absolute Gasteiger partial charge is 0.251 e. The Morgan fingerprint density at radius 1 is 1.04 bits per heavy atom. The van der Waals surface area contributed by atoms with E-state index in [1.807, 2.05) is 30.3 Å². The summed E-state index contributed by atoms with van der Waals surface area (Å²) in [5, 5.41) is 26.7. The number of hydrogen-bond acceptors (Lipinski definition) is 9. The van der Waals surface area contributed by atoms with Gasteiger partial charge in [-0.1, -0.05) is 54.8 Å². The highest BCUT2D eigenvalue weighted by Crippen LogP contribution is 2.36. The van der Waals surface area contributed by atoms with E-state index in [0.29, 0.717) is 24.1 Å². The number of primary amides is 1. The second kappa shape index (κ2) is 13.8. The van der Waals surface area contributed by atoms with E-state index in [4.69, 9.17) is 17.2 Å². The molecule has 2 aliphatic rings. The van der Waals surface area contributed by atoms with Gasteiger partial charge in [-0.3, -0.25) is 19.2 Å². The summed E-state index contributed by atoms with van der Waals surface area (Å²) in [6, 6.07) is 10.2. The third-order valence-electron chi connectivity index (χ3n) is 9.63. The number of fused-ring (bicyclic) bond motifs is 1. The number of nitrogens with one attached hydrogen (secondary N) is 2. The van der Waals surface area contributed by atoms with Crippen LogP contribution in [0.1, 0.15) is 74.5 Å². The number of rotatable bonds is 11. The fourth-order valence-electron chi connectivity index (χ4n) is 7.11. The lowest BCUT2D eigenvalue weighted by molar-refractivity contribution is -0.141. The molecule has 47 heavy (non-hydrogen) atoms. The summed E-state index contributed by atoms with van der Waals surface area (Å²) < 4.78 is 1.53. The number of aliphatic hydroxyl groups is 1. The van der Waals surface area contributed by atoms with Gasteiger partial charge in [0.25, 0.3) is 5.91 Å². The van der Waals surface area contributed by atoms with Crippen LogP contribution in [0.3, 0.4) is 0 Å². The second-order valence-corrected chi connectivity index (χ2v) is 13.2. The van der Waals surface area contributed by atoms with Crippen molar-refractivity contribution in [2.75, 3.05) is 19.6 Å². The van der Waals surface area contributed by atoms with Gasteiger partial charge in [0, 0.05) is 31.6 Å². The van der Waals surface area contributed by atoms with Crippen LogP contribution in [0.25, 0.3) is 10.8 Å². The van der Waals surface area contributed by atoms with Crippen molar-refractivity contribution in [2.45, 2.75) is 81.6 Å². The third kappa shape index (κ3) is 6.99. The maximum atomic E-state index is 14.2.